The fraction of sp³-hybridized carbons (Fsp3) is 0.158. The van der Waals surface area contributed by atoms with Gasteiger partial charge in [0.25, 0.3) is 5.69 Å². The van der Waals surface area contributed by atoms with Gasteiger partial charge in [-0.25, -0.2) is 4.99 Å². The van der Waals surface area contributed by atoms with Gasteiger partial charge in [0, 0.05) is 17.8 Å². The zero-order valence-electron chi connectivity index (χ0n) is 15.0. The van der Waals surface area contributed by atoms with Gasteiger partial charge in [-0.05, 0) is 49.2 Å². The van der Waals surface area contributed by atoms with Crippen molar-refractivity contribution >= 4 is 35.4 Å². The zero-order valence-corrected chi connectivity index (χ0v) is 15.0. The summed E-state index contributed by atoms with van der Waals surface area (Å²) in [5, 5.41) is 10.7. The molecule has 1 aliphatic rings. The number of hydrogen-bond acceptors (Lipinski definition) is 7. The van der Waals surface area contributed by atoms with Crippen LogP contribution in [0.1, 0.15) is 25.0 Å². The van der Waals surface area contributed by atoms with Crippen molar-refractivity contribution in [2.45, 2.75) is 19.5 Å². The first-order valence-electron chi connectivity index (χ1n) is 8.28. The number of anilines is 1. The molecular weight excluding hydrogens is 344 g/mol. The summed E-state index contributed by atoms with van der Waals surface area (Å²) in [6.45, 7) is 3.81. The van der Waals surface area contributed by atoms with Gasteiger partial charge >= 0.3 is 0 Å². The van der Waals surface area contributed by atoms with Gasteiger partial charge in [0.15, 0.2) is 0 Å². The summed E-state index contributed by atoms with van der Waals surface area (Å²) < 4.78 is 0. The first-order valence-corrected chi connectivity index (χ1v) is 8.28. The number of non-ortho nitro benzene ring substituents is 1. The molecule has 27 heavy (non-hydrogen) atoms. The standard InChI is InChI=1S/C19H20N6O2/c1-19(2)23-17(20)22-18(21)24(19)16-5-3-4-14(12-16)7-6-13-8-10-15(11-9-13)25(26)27/h3-12H,1-2H3,(H4,20,21,22,23). The zero-order chi connectivity index (χ0) is 19.6. The van der Waals surface area contributed by atoms with Crippen LogP contribution in [0, 0.1) is 10.1 Å². The van der Waals surface area contributed by atoms with E-state index in [9.17, 15) is 10.1 Å². The monoisotopic (exact) mass is 364 g/mol. The van der Waals surface area contributed by atoms with E-state index in [1.54, 1.807) is 12.1 Å². The number of guanidine groups is 2. The topological polar surface area (TPSA) is 123 Å². The first-order chi connectivity index (χ1) is 12.8. The molecule has 0 atom stereocenters. The number of benzene rings is 2. The van der Waals surface area contributed by atoms with Crippen LogP contribution < -0.4 is 16.4 Å². The van der Waals surface area contributed by atoms with E-state index in [-0.39, 0.29) is 17.6 Å². The molecule has 0 amide bonds. The number of nitro benzene ring substituents is 1. The summed E-state index contributed by atoms with van der Waals surface area (Å²) in [5.74, 6) is 0.437. The van der Waals surface area contributed by atoms with Crippen LogP contribution in [-0.4, -0.2) is 22.5 Å². The highest BCUT2D eigenvalue weighted by Crippen LogP contribution is 2.28. The highest BCUT2D eigenvalue weighted by Gasteiger charge is 2.32. The second kappa shape index (κ2) is 6.91. The van der Waals surface area contributed by atoms with E-state index in [0.29, 0.717) is 0 Å². The Balaban J connectivity index is 1.86. The minimum Gasteiger partial charge on any atom is -0.369 e. The molecule has 0 unspecified atom stereocenters. The van der Waals surface area contributed by atoms with Crippen molar-refractivity contribution in [3.63, 3.8) is 0 Å². The molecule has 1 aliphatic heterocycles. The third-order valence-electron chi connectivity index (χ3n) is 4.09. The molecule has 2 aromatic carbocycles. The second-order valence-corrected chi connectivity index (χ2v) is 6.55. The molecule has 0 aromatic heterocycles. The highest BCUT2D eigenvalue weighted by atomic mass is 16.6. The van der Waals surface area contributed by atoms with Crippen LogP contribution in [0.5, 0.6) is 0 Å². The van der Waals surface area contributed by atoms with Crippen molar-refractivity contribution in [2.24, 2.45) is 21.5 Å². The maximum absolute atomic E-state index is 10.7. The number of aliphatic imine (C=N–C) groups is 2. The minimum absolute atomic E-state index is 0.0658. The number of hydrogen-bond donors (Lipinski definition) is 2. The van der Waals surface area contributed by atoms with Gasteiger partial charge in [0.05, 0.1) is 4.92 Å². The highest BCUT2D eigenvalue weighted by molar-refractivity contribution is 6.05. The molecule has 0 saturated carbocycles. The molecular formula is C19H20N6O2. The van der Waals surface area contributed by atoms with Crippen LogP contribution in [-0.2, 0) is 0 Å². The minimum atomic E-state index is -0.656. The maximum Gasteiger partial charge on any atom is 0.269 e. The van der Waals surface area contributed by atoms with Crippen LogP contribution in [0.2, 0.25) is 0 Å². The molecule has 1 heterocycles. The Morgan fingerprint density at radius 1 is 1.07 bits per heavy atom. The summed E-state index contributed by atoms with van der Waals surface area (Å²) in [7, 11) is 0. The van der Waals surface area contributed by atoms with E-state index in [1.165, 1.54) is 12.1 Å². The summed E-state index contributed by atoms with van der Waals surface area (Å²) >= 11 is 0. The molecule has 4 N–H and O–H groups in total. The molecule has 0 spiro atoms. The van der Waals surface area contributed by atoms with Crippen molar-refractivity contribution < 1.29 is 4.92 Å². The molecule has 0 aliphatic carbocycles. The molecule has 138 valence electrons. The largest absolute Gasteiger partial charge is 0.369 e. The van der Waals surface area contributed by atoms with Crippen molar-refractivity contribution in [1.82, 2.24) is 0 Å². The van der Waals surface area contributed by atoms with Crippen LogP contribution >= 0.6 is 0 Å². The number of nitro groups is 1. The molecule has 2 aromatic rings. The van der Waals surface area contributed by atoms with Crippen LogP contribution in [0.25, 0.3) is 12.2 Å². The van der Waals surface area contributed by atoms with Gasteiger partial charge in [-0.15, -0.1) is 0 Å². The summed E-state index contributed by atoms with van der Waals surface area (Å²) in [5.41, 5.74) is 13.8. The average Bonchev–Trinajstić information content (AvgIpc) is 2.59. The average molecular weight is 364 g/mol. The number of nitrogens with two attached hydrogens (primary N) is 2. The molecule has 0 fully saturated rings. The Labute approximate surface area is 156 Å². The SMILES string of the molecule is CC1(C)N=C(N)N=C(N)N1c1cccc(C=Cc2ccc([N+](=O)[O-])cc2)c1. The summed E-state index contributed by atoms with van der Waals surface area (Å²) in [6, 6.07) is 14.1. The van der Waals surface area contributed by atoms with Gasteiger partial charge in [-0.1, -0.05) is 24.3 Å². The Kier molecular flexibility index (Phi) is 4.64. The molecule has 8 nitrogen and oxygen atoms in total. The van der Waals surface area contributed by atoms with E-state index in [2.05, 4.69) is 9.98 Å². The van der Waals surface area contributed by atoms with E-state index in [4.69, 9.17) is 11.5 Å². The fourth-order valence-electron chi connectivity index (χ4n) is 2.92. The first kappa shape index (κ1) is 18.1. The Bertz CT molecular complexity index is 960. The molecule has 0 saturated heterocycles. The predicted octanol–water partition coefficient (Wildman–Crippen LogP) is 2.95. The smallest absolute Gasteiger partial charge is 0.269 e. The van der Waals surface area contributed by atoms with Crippen molar-refractivity contribution in [1.29, 1.82) is 0 Å². The summed E-state index contributed by atoms with van der Waals surface area (Å²) in [4.78, 5) is 20.5. The lowest BCUT2D eigenvalue weighted by Crippen LogP contribution is -2.54. The van der Waals surface area contributed by atoms with Crippen molar-refractivity contribution in [2.75, 3.05) is 4.90 Å². The number of rotatable bonds is 4. The third kappa shape index (κ3) is 3.95. The van der Waals surface area contributed by atoms with Crippen LogP contribution in [0.15, 0.2) is 58.5 Å². The third-order valence-corrected chi connectivity index (χ3v) is 4.09. The lowest BCUT2D eigenvalue weighted by atomic mass is 10.1. The van der Waals surface area contributed by atoms with E-state index in [1.807, 2.05) is 55.2 Å². The fourth-order valence-corrected chi connectivity index (χ4v) is 2.92. The Hall–Kier alpha value is -3.68. The van der Waals surface area contributed by atoms with Gasteiger partial charge in [-0.3, -0.25) is 15.0 Å². The van der Waals surface area contributed by atoms with Crippen molar-refractivity contribution in [3.05, 3.63) is 69.8 Å². The maximum atomic E-state index is 10.7. The lowest BCUT2D eigenvalue weighted by molar-refractivity contribution is -0.384. The van der Waals surface area contributed by atoms with Crippen LogP contribution in [0.4, 0.5) is 11.4 Å². The van der Waals surface area contributed by atoms with Gasteiger partial charge in [0.1, 0.15) is 5.66 Å². The Morgan fingerprint density at radius 3 is 2.37 bits per heavy atom. The quantitative estimate of drug-likeness (QED) is 0.490. The molecule has 0 bridgehead atoms. The molecule has 8 heteroatoms. The van der Waals surface area contributed by atoms with Gasteiger partial charge in [0.2, 0.25) is 11.9 Å². The number of nitrogens with zero attached hydrogens (tertiary/aromatic N) is 4. The van der Waals surface area contributed by atoms with Crippen molar-refractivity contribution in [3.8, 4) is 0 Å². The Morgan fingerprint density at radius 2 is 1.74 bits per heavy atom. The van der Waals surface area contributed by atoms with Gasteiger partial charge in [-0.2, -0.15) is 4.99 Å². The molecule has 3 rings (SSSR count). The normalized spacial score (nSPS) is 16.1. The van der Waals surface area contributed by atoms with Gasteiger partial charge < -0.3 is 11.5 Å². The van der Waals surface area contributed by atoms with E-state index >= 15 is 0 Å². The van der Waals surface area contributed by atoms with E-state index < -0.39 is 10.6 Å². The predicted molar refractivity (Wildman–Crippen MR) is 108 cm³/mol. The second-order valence-electron chi connectivity index (χ2n) is 6.55. The summed E-state index contributed by atoms with van der Waals surface area (Å²) in [6.07, 6.45) is 3.81. The molecule has 0 radical (unpaired) electrons. The van der Waals surface area contributed by atoms with E-state index in [0.717, 1.165) is 16.8 Å². The lowest BCUT2D eigenvalue weighted by Gasteiger charge is -2.38. The van der Waals surface area contributed by atoms with Crippen LogP contribution in [0.3, 0.4) is 0 Å².